The Balaban J connectivity index is 1.82. The molecule has 1 aliphatic heterocycles. The van der Waals surface area contributed by atoms with E-state index in [4.69, 9.17) is 0 Å². The number of amides is 1. The highest BCUT2D eigenvalue weighted by atomic mass is 16.4. The summed E-state index contributed by atoms with van der Waals surface area (Å²) in [5, 5.41) is 12.6. The van der Waals surface area contributed by atoms with Crippen molar-refractivity contribution in [2.45, 2.75) is 63.1 Å². The predicted octanol–water partition coefficient (Wildman–Crippen LogP) is 2.12. The number of nitrogens with one attached hydrogen (secondary N) is 1. The second-order valence-electron chi connectivity index (χ2n) is 6.77. The van der Waals surface area contributed by atoms with Crippen LogP contribution in [-0.4, -0.2) is 45.5 Å². The van der Waals surface area contributed by atoms with Gasteiger partial charge >= 0.3 is 5.97 Å². The van der Waals surface area contributed by atoms with Crippen molar-refractivity contribution in [3.63, 3.8) is 0 Å². The summed E-state index contributed by atoms with van der Waals surface area (Å²) in [6.45, 7) is 0.620. The number of aromatic nitrogens is 1. The molecule has 6 nitrogen and oxygen atoms in total. The van der Waals surface area contributed by atoms with Crippen LogP contribution in [0.4, 0.5) is 0 Å². The summed E-state index contributed by atoms with van der Waals surface area (Å²) in [6.07, 6.45) is 10.2. The molecule has 1 saturated carbocycles. The van der Waals surface area contributed by atoms with Crippen LogP contribution in [0.15, 0.2) is 24.5 Å². The van der Waals surface area contributed by atoms with Gasteiger partial charge in [-0.05, 0) is 37.3 Å². The number of aliphatic carboxylic acids is 1. The minimum atomic E-state index is -0.855. The predicted molar refractivity (Wildman–Crippen MR) is 89.4 cm³/mol. The molecule has 2 fully saturated rings. The summed E-state index contributed by atoms with van der Waals surface area (Å²) in [7, 11) is 0. The van der Waals surface area contributed by atoms with Crippen molar-refractivity contribution >= 4 is 11.9 Å². The number of likely N-dealkylation sites (tertiary alicyclic amines) is 1. The number of rotatable bonds is 5. The van der Waals surface area contributed by atoms with Gasteiger partial charge in [-0.1, -0.05) is 25.3 Å². The number of hydrogen-bond acceptors (Lipinski definition) is 4. The maximum atomic E-state index is 13.0. The van der Waals surface area contributed by atoms with Gasteiger partial charge in [-0.2, -0.15) is 0 Å². The molecule has 1 amide bonds. The number of carboxylic acids is 1. The number of nitrogens with zero attached hydrogens (tertiary/aromatic N) is 2. The Morgan fingerprint density at radius 1 is 1.21 bits per heavy atom. The second-order valence-corrected chi connectivity index (χ2v) is 6.77. The van der Waals surface area contributed by atoms with Gasteiger partial charge in [0.1, 0.15) is 12.1 Å². The third-order valence-electron chi connectivity index (χ3n) is 5.11. The number of carboxylic acid groups (broad SMARTS) is 1. The summed E-state index contributed by atoms with van der Waals surface area (Å²) < 4.78 is 0. The molecule has 2 heterocycles. The Bertz CT molecular complexity index is 572. The highest BCUT2D eigenvalue weighted by Gasteiger charge is 2.40. The lowest BCUT2D eigenvalue weighted by atomic mass is 9.94. The van der Waals surface area contributed by atoms with Gasteiger partial charge in [0.2, 0.25) is 5.91 Å². The first-order valence-electron chi connectivity index (χ1n) is 8.85. The van der Waals surface area contributed by atoms with Gasteiger partial charge in [0.15, 0.2) is 0 Å². The van der Waals surface area contributed by atoms with E-state index in [0.717, 1.165) is 37.7 Å². The first-order valence-corrected chi connectivity index (χ1v) is 8.85. The fraction of sp³-hybridized carbons (Fsp3) is 0.611. The summed E-state index contributed by atoms with van der Waals surface area (Å²) in [6, 6.07) is 2.67. The van der Waals surface area contributed by atoms with Crippen molar-refractivity contribution in [3.05, 3.63) is 30.1 Å². The minimum Gasteiger partial charge on any atom is -0.480 e. The van der Waals surface area contributed by atoms with Gasteiger partial charge in [-0.15, -0.1) is 0 Å². The standard InChI is InChI=1S/C18H25N3O3/c22-17(20-14-7-2-1-3-8-14)16(13-6-4-10-19-12-13)21-11-5-9-15(21)18(23)24/h4,6,10,12,14-16H,1-3,5,7-9,11H2,(H,20,22)(H,23,24)/t15-,16?/m0/s1. The summed E-state index contributed by atoms with van der Waals surface area (Å²) in [5.41, 5.74) is 0.763. The Morgan fingerprint density at radius 3 is 2.67 bits per heavy atom. The Hall–Kier alpha value is -1.95. The first-order chi connectivity index (χ1) is 11.7. The van der Waals surface area contributed by atoms with E-state index in [2.05, 4.69) is 10.3 Å². The normalized spacial score (nSPS) is 23.8. The molecular weight excluding hydrogens is 306 g/mol. The minimum absolute atomic E-state index is 0.0944. The van der Waals surface area contributed by atoms with E-state index in [0.29, 0.717) is 13.0 Å². The van der Waals surface area contributed by atoms with E-state index in [-0.39, 0.29) is 11.9 Å². The average molecular weight is 331 g/mol. The lowest BCUT2D eigenvalue weighted by molar-refractivity contribution is -0.144. The van der Waals surface area contributed by atoms with Gasteiger partial charge in [-0.3, -0.25) is 19.5 Å². The van der Waals surface area contributed by atoms with Gasteiger partial charge < -0.3 is 10.4 Å². The Labute approximate surface area is 142 Å². The van der Waals surface area contributed by atoms with Crippen LogP contribution >= 0.6 is 0 Å². The smallest absolute Gasteiger partial charge is 0.320 e. The maximum absolute atomic E-state index is 13.0. The highest BCUT2D eigenvalue weighted by molar-refractivity contribution is 5.84. The molecule has 1 aliphatic carbocycles. The van der Waals surface area contributed by atoms with Gasteiger partial charge in [0.25, 0.3) is 0 Å². The summed E-state index contributed by atoms with van der Waals surface area (Å²) in [4.78, 5) is 30.5. The highest BCUT2D eigenvalue weighted by Crippen LogP contribution is 2.30. The van der Waals surface area contributed by atoms with Crippen molar-refractivity contribution < 1.29 is 14.7 Å². The first kappa shape index (κ1) is 16.9. The Kier molecular flexibility index (Phi) is 5.45. The van der Waals surface area contributed by atoms with E-state index in [9.17, 15) is 14.7 Å². The quantitative estimate of drug-likeness (QED) is 0.863. The van der Waals surface area contributed by atoms with Gasteiger partial charge in [0, 0.05) is 25.0 Å². The lowest BCUT2D eigenvalue weighted by Gasteiger charge is -2.32. The van der Waals surface area contributed by atoms with Crippen LogP contribution in [-0.2, 0) is 9.59 Å². The van der Waals surface area contributed by atoms with Crippen molar-refractivity contribution in [3.8, 4) is 0 Å². The second kappa shape index (κ2) is 7.75. The summed E-state index contributed by atoms with van der Waals surface area (Å²) >= 11 is 0. The molecule has 3 rings (SSSR count). The van der Waals surface area contributed by atoms with Crippen molar-refractivity contribution in [2.24, 2.45) is 0 Å². The average Bonchev–Trinajstić information content (AvgIpc) is 3.06. The molecule has 2 N–H and O–H groups in total. The zero-order valence-electron chi connectivity index (χ0n) is 13.9. The number of hydrogen-bond donors (Lipinski definition) is 2. The fourth-order valence-electron chi connectivity index (χ4n) is 3.92. The van der Waals surface area contributed by atoms with E-state index in [1.54, 1.807) is 18.5 Å². The molecule has 0 radical (unpaired) electrons. The fourth-order valence-corrected chi connectivity index (χ4v) is 3.92. The molecule has 2 aliphatic rings. The lowest BCUT2D eigenvalue weighted by Crippen LogP contribution is -2.48. The molecule has 130 valence electrons. The topological polar surface area (TPSA) is 82.5 Å². The van der Waals surface area contributed by atoms with Crippen LogP contribution in [0.1, 0.15) is 56.6 Å². The van der Waals surface area contributed by atoms with E-state index in [1.807, 2.05) is 11.0 Å². The van der Waals surface area contributed by atoms with Crippen LogP contribution in [0.3, 0.4) is 0 Å². The third-order valence-corrected chi connectivity index (χ3v) is 5.11. The van der Waals surface area contributed by atoms with E-state index >= 15 is 0 Å². The van der Waals surface area contributed by atoms with Crippen LogP contribution in [0.25, 0.3) is 0 Å². The molecule has 24 heavy (non-hydrogen) atoms. The third kappa shape index (κ3) is 3.75. The molecule has 1 aromatic heterocycles. The maximum Gasteiger partial charge on any atom is 0.320 e. The van der Waals surface area contributed by atoms with Crippen LogP contribution in [0.2, 0.25) is 0 Å². The molecule has 1 unspecified atom stereocenters. The molecule has 0 bridgehead atoms. The zero-order chi connectivity index (χ0) is 16.9. The molecule has 0 spiro atoms. The van der Waals surface area contributed by atoms with E-state index in [1.165, 1.54) is 6.42 Å². The molecular formula is C18H25N3O3. The summed E-state index contributed by atoms with van der Waals surface area (Å²) in [5.74, 6) is -0.949. The van der Waals surface area contributed by atoms with Crippen molar-refractivity contribution in [1.29, 1.82) is 0 Å². The molecule has 2 atom stereocenters. The van der Waals surface area contributed by atoms with Gasteiger partial charge in [0.05, 0.1) is 0 Å². The number of carbonyl (C=O) groups is 2. The SMILES string of the molecule is O=C(NC1CCCCC1)C(c1cccnc1)N1CCC[C@H]1C(=O)O. The van der Waals surface area contributed by atoms with E-state index < -0.39 is 18.1 Å². The van der Waals surface area contributed by atoms with Crippen LogP contribution in [0.5, 0.6) is 0 Å². The van der Waals surface area contributed by atoms with Crippen molar-refractivity contribution in [2.75, 3.05) is 6.54 Å². The monoisotopic (exact) mass is 331 g/mol. The largest absolute Gasteiger partial charge is 0.480 e. The van der Waals surface area contributed by atoms with Crippen LogP contribution < -0.4 is 5.32 Å². The Morgan fingerprint density at radius 2 is 2.00 bits per heavy atom. The van der Waals surface area contributed by atoms with Crippen LogP contribution in [0, 0.1) is 0 Å². The zero-order valence-corrected chi connectivity index (χ0v) is 13.9. The molecule has 1 saturated heterocycles. The molecule has 6 heteroatoms. The van der Waals surface area contributed by atoms with Gasteiger partial charge in [-0.25, -0.2) is 0 Å². The molecule has 1 aromatic rings. The number of pyridine rings is 1. The number of carbonyl (C=O) groups excluding carboxylic acids is 1. The van der Waals surface area contributed by atoms with Crippen molar-refractivity contribution in [1.82, 2.24) is 15.2 Å². The molecule has 0 aromatic carbocycles.